The van der Waals surface area contributed by atoms with Crippen LogP contribution in [0.2, 0.25) is 0 Å². The van der Waals surface area contributed by atoms with E-state index in [0.29, 0.717) is 29.0 Å². The standard InChI is InChI=1S/C26H25N3O2S/c1-19(21-12-6-3-7-13-21)27-24(30)18-32-26-28-23-15-9-8-14-22(23)25(31)29(26)17-16-20-10-4-2-5-11-20/h2-15,19H,16-18H2,1H3,(H,27,30). The molecular weight excluding hydrogens is 418 g/mol. The number of aromatic nitrogens is 2. The van der Waals surface area contributed by atoms with E-state index in [-0.39, 0.29) is 23.3 Å². The minimum atomic E-state index is -0.0941. The first-order valence-corrected chi connectivity index (χ1v) is 11.6. The fraction of sp³-hybridized carbons (Fsp3) is 0.192. The molecule has 6 heteroatoms. The number of thioether (sulfide) groups is 1. The maximum atomic E-state index is 13.2. The van der Waals surface area contributed by atoms with Crippen LogP contribution in [0.5, 0.6) is 0 Å². The summed E-state index contributed by atoms with van der Waals surface area (Å²) >= 11 is 1.30. The third-order valence-corrected chi connectivity index (χ3v) is 6.28. The largest absolute Gasteiger partial charge is 0.349 e. The first-order chi connectivity index (χ1) is 15.6. The molecule has 0 aliphatic rings. The molecule has 0 fully saturated rings. The van der Waals surface area contributed by atoms with Gasteiger partial charge in [-0.15, -0.1) is 0 Å². The number of rotatable bonds is 8. The molecule has 32 heavy (non-hydrogen) atoms. The van der Waals surface area contributed by atoms with E-state index in [4.69, 9.17) is 4.98 Å². The highest BCUT2D eigenvalue weighted by Crippen LogP contribution is 2.19. The summed E-state index contributed by atoms with van der Waals surface area (Å²) in [4.78, 5) is 30.5. The van der Waals surface area contributed by atoms with Crippen molar-refractivity contribution in [1.82, 2.24) is 14.9 Å². The summed E-state index contributed by atoms with van der Waals surface area (Å²) in [6.45, 7) is 2.47. The number of carbonyl (C=O) groups excluding carboxylic acids is 1. The average Bonchev–Trinajstić information content (AvgIpc) is 2.83. The van der Waals surface area contributed by atoms with E-state index >= 15 is 0 Å². The number of para-hydroxylation sites is 1. The summed E-state index contributed by atoms with van der Waals surface area (Å²) < 4.78 is 1.69. The highest BCUT2D eigenvalue weighted by molar-refractivity contribution is 7.99. The second-order valence-electron chi connectivity index (χ2n) is 7.59. The van der Waals surface area contributed by atoms with Gasteiger partial charge in [-0.3, -0.25) is 14.2 Å². The second-order valence-corrected chi connectivity index (χ2v) is 8.53. The Kier molecular flexibility index (Phi) is 7.02. The Labute approximate surface area is 191 Å². The molecule has 1 aromatic heterocycles. The lowest BCUT2D eigenvalue weighted by Gasteiger charge is -2.15. The van der Waals surface area contributed by atoms with Crippen molar-refractivity contribution in [3.8, 4) is 0 Å². The molecule has 1 amide bonds. The van der Waals surface area contributed by atoms with Gasteiger partial charge < -0.3 is 5.32 Å². The maximum Gasteiger partial charge on any atom is 0.262 e. The Hall–Kier alpha value is -3.38. The summed E-state index contributed by atoms with van der Waals surface area (Å²) in [5, 5.41) is 4.17. The van der Waals surface area contributed by atoms with Crippen LogP contribution in [0.25, 0.3) is 10.9 Å². The number of carbonyl (C=O) groups is 1. The molecule has 1 unspecified atom stereocenters. The lowest BCUT2D eigenvalue weighted by Crippen LogP contribution is -2.29. The number of nitrogens with zero attached hydrogens (tertiary/aromatic N) is 2. The molecule has 1 heterocycles. The lowest BCUT2D eigenvalue weighted by atomic mass is 10.1. The van der Waals surface area contributed by atoms with Crippen LogP contribution < -0.4 is 10.9 Å². The highest BCUT2D eigenvalue weighted by Gasteiger charge is 2.15. The van der Waals surface area contributed by atoms with Crippen LogP contribution in [0.4, 0.5) is 0 Å². The Morgan fingerprint density at radius 3 is 2.38 bits per heavy atom. The zero-order valence-corrected chi connectivity index (χ0v) is 18.7. The van der Waals surface area contributed by atoms with Crippen molar-refractivity contribution in [2.45, 2.75) is 31.1 Å². The highest BCUT2D eigenvalue weighted by atomic mass is 32.2. The molecule has 0 radical (unpaired) electrons. The lowest BCUT2D eigenvalue weighted by molar-refractivity contribution is -0.119. The predicted molar refractivity (Wildman–Crippen MR) is 130 cm³/mol. The summed E-state index contributed by atoms with van der Waals surface area (Å²) in [5.41, 5.74) is 2.77. The van der Waals surface area contributed by atoms with Crippen molar-refractivity contribution in [3.63, 3.8) is 0 Å². The van der Waals surface area contributed by atoms with Crippen molar-refractivity contribution in [3.05, 3.63) is 106 Å². The van der Waals surface area contributed by atoms with Crippen LogP contribution in [0.1, 0.15) is 24.1 Å². The monoisotopic (exact) mass is 443 g/mol. The Bertz CT molecular complexity index is 1260. The fourth-order valence-corrected chi connectivity index (χ4v) is 4.42. The van der Waals surface area contributed by atoms with Gasteiger partial charge in [0.2, 0.25) is 5.91 Å². The number of amides is 1. The Balaban J connectivity index is 1.52. The van der Waals surface area contributed by atoms with Crippen LogP contribution >= 0.6 is 11.8 Å². The van der Waals surface area contributed by atoms with Gasteiger partial charge >= 0.3 is 0 Å². The number of aryl methyl sites for hydroxylation is 1. The van der Waals surface area contributed by atoms with Gasteiger partial charge in [0.1, 0.15) is 0 Å². The molecule has 0 spiro atoms. The Morgan fingerprint density at radius 2 is 1.62 bits per heavy atom. The second kappa shape index (κ2) is 10.3. The van der Waals surface area contributed by atoms with Crippen LogP contribution in [0.3, 0.4) is 0 Å². The van der Waals surface area contributed by atoms with Gasteiger partial charge in [-0.25, -0.2) is 4.98 Å². The summed E-state index contributed by atoms with van der Waals surface area (Å²) in [7, 11) is 0. The van der Waals surface area contributed by atoms with E-state index in [9.17, 15) is 9.59 Å². The SMILES string of the molecule is CC(NC(=O)CSc1nc2ccccc2c(=O)n1CCc1ccccc1)c1ccccc1. The third-order valence-electron chi connectivity index (χ3n) is 5.30. The molecule has 3 aromatic carbocycles. The van der Waals surface area contributed by atoms with E-state index in [1.807, 2.05) is 85.8 Å². The fourth-order valence-electron chi connectivity index (χ4n) is 3.58. The molecule has 1 N–H and O–H groups in total. The van der Waals surface area contributed by atoms with Gasteiger partial charge in [0.15, 0.2) is 5.16 Å². The zero-order valence-electron chi connectivity index (χ0n) is 17.9. The Morgan fingerprint density at radius 1 is 0.969 bits per heavy atom. The number of benzene rings is 3. The molecular formula is C26H25N3O2S. The molecule has 4 rings (SSSR count). The molecule has 4 aromatic rings. The van der Waals surface area contributed by atoms with Crippen LogP contribution in [0, 0.1) is 0 Å². The van der Waals surface area contributed by atoms with Gasteiger partial charge in [-0.1, -0.05) is 84.6 Å². The minimum absolute atomic E-state index is 0.0768. The van der Waals surface area contributed by atoms with Crippen molar-refractivity contribution < 1.29 is 4.79 Å². The average molecular weight is 444 g/mol. The molecule has 5 nitrogen and oxygen atoms in total. The maximum absolute atomic E-state index is 13.2. The normalized spacial score (nSPS) is 11.9. The van der Waals surface area contributed by atoms with Crippen molar-refractivity contribution in [2.75, 3.05) is 5.75 Å². The van der Waals surface area contributed by atoms with E-state index < -0.39 is 0 Å². The number of hydrogen-bond donors (Lipinski definition) is 1. The number of fused-ring (bicyclic) bond motifs is 1. The molecule has 0 aliphatic carbocycles. The van der Waals surface area contributed by atoms with E-state index in [0.717, 1.165) is 11.1 Å². The third kappa shape index (κ3) is 5.26. The number of nitrogens with one attached hydrogen (secondary N) is 1. The van der Waals surface area contributed by atoms with E-state index in [1.165, 1.54) is 11.8 Å². The van der Waals surface area contributed by atoms with Crippen molar-refractivity contribution in [2.24, 2.45) is 0 Å². The van der Waals surface area contributed by atoms with Crippen molar-refractivity contribution >= 4 is 28.6 Å². The first kappa shape index (κ1) is 21.8. The predicted octanol–water partition coefficient (Wildman–Crippen LogP) is 4.61. The topological polar surface area (TPSA) is 64.0 Å². The molecule has 0 saturated heterocycles. The van der Waals surface area contributed by atoms with E-state index in [2.05, 4.69) is 5.32 Å². The van der Waals surface area contributed by atoms with Gasteiger partial charge in [-0.2, -0.15) is 0 Å². The van der Waals surface area contributed by atoms with Crippen molar-refractivity contribution in [1.29, 1.82) is 0 Å². The van der Waals surface area contributed by atoms with Gasteiger partial charge in [0, 0.05) is 6.54 Å². The summed E-state index contributed by atoms with van der Waals surface area (Å²) in [6, 6.07) is 27.1. The van der Waals surface area contributed by atoms with Crippen LogP contribution in [-0.4, -0.2) is 21.2 Å². The van der Waals surface area contributed by atoms with Crippen LogP contribution in [-0.2, 0) is 17.8 Å². The smallest absolute Gasteiger partial charge is 0.262 e. The summed E-state index contributed by atoms with van der Waals surface area (Å²) in [5.74, 6) is 0.0937. The molecule has 0 saturated carbocycles. The molecule has 162 valence electrons. The van der Waals surface area contributed by atoms with Gasteiger partial charge in [0.25, 0.3) is 5.56 Å². The van der Waals surface area contributed by atoms with Crippen LogP contribution in [0.15, 0.2) is 94.9 Å². The van der Waals surface area contributed by atoms with E-state index in [1.54, 1.807) is 10.6 Å². The molecule has 1 atom stereocenters. The zero-order chi connectivity index (χ0) is 22.3. The van der Waals surface area contributed by atoms with Gasteiger partial charge in [0.05, 0.1) is 22.7 Å². The summed E-state index contributed by atoms with van der Waals surface area (Å²) in [6.07, 6.45) is 0.714. The van der Waals surface area contributed by atoms with Gasteiger partial charge in [-0.05, 0) is 36.6 Å². The quantitative estimate of drug-likeness (QED) is 0.319. The number of hydrogen-bond acceptors (Lipinski definition) is 4. The first-order valence-electron chi connectivity index (χ1n) is 10.6. The molecule has 0 aliphatic heterocycles. The minimum Gasteiger partial charge on any atom is -0.349 e. The molecule has 0 bridgehead atoms.